The molecule has 1 nitrogen and oxygen atoms in total. The van der Waals surface area contributed by atoms with Crippen LogP contribution in [0.3, 0.4) is 0 Å². The molecule has 4 heteroatoms. The van der Waals surface area contributed by atoms with Crippen molar-refractivity contribution in [3.05, 3.63) is 28.2 Å². The predicted molar refractivity (Wildman–Crippen MR) is 90.9 cm³/mol. The molecule has 0 amide bonds. The van der Waals surface area contributed by atoms with Crippen molar-refractivity contribution < 1.29 is 0 Å². The lowest BCUT2D eigenvalue weighted by Crippen LogP contribution is -2.41. The Hall–Kier alpha value is 0.110. The van der Waals surface area contributed by atoms with Gasteiger partial charge in [0.15, 0.2) is 0 Å². The van der Waals surface area contributed by atoms with Gasteiger partial charge in [-0.1, -0.05) is 44.0 Å². The van der Waals surface area contributed by atoms with Gasteiger partial charge in [0.05, 0.1) is 10.0 Å². The Morgan fingerprint density at radius 3 is 2.45 bits per heavy atom. The van der Waals surface area contributed by atoms with Gasteiger partial charge in [0.25, 0.3) is 0 Å². The van der Waals surface area contributed by atoms with Gasteiger partial charge in [-0.3, -0.25) is 0 Å². The normalized spacial score (nSPS) is 27.6. The minimum Gasteiger partial charge on any atom is -0.327 e. The van der Waals surface area contributed by atoms with Crippen molar-refractivity contribution in [1.29, 1.82) is 0 Å². The molecule has 3 unspecified atom stereocenters. The number of nitrogens with two attached hydrogens (primary N) is 1. The summed E-state index contributed by atoms with van der Waals surface area (Å²) >= 11 is 13.9. The van der Waals surface area contributed by atoms with Crippen LogP contribution in [-0.2, 0) is 0 Å². The van der Waals surface area contributed by atoms with E-state index in [9.17, 15) is 0 Å². The van der Waals surface area contributed by atoms with Gasteiger partial charge in [-0.25, -0.2) is 0 Å². The van der Waals surface area contributed by atoms with Crippen LogP contribution in [0.2, 0.25) is 10.0 Å². The molecule has 2 N–H and O–H groups in total. The largest absolute Gasteiger partial charge is 0.327 e. The van der Waals surface area contributed by atoms with Crippen molar-refractivity contribution in [2.75, 3.05) is 0 Å². The third-order valence-electron chi connectivity index (χ3n) is 4.25. The van der Waals surface area contributed by atoms with Crippen molar-refractivity contribution in [3.8, 4) is 0 Å². The van der Waals surface area contributed by atoms with Gasteiger partial charge < -0.3 is 5.73 Å². The molecule has 0 bridgehead atoms. The van der Waals surface area contributed by atoms with Crippen LogP contribution >= 0.6 is 35.0 Å². The van der Waals surface area contributed by atoms with Crippen molar-refractivity contribution >= 4 is 35.0 Å². The molecule has 0 heterocycles. The minimum absolute atomic E-state index is 0.271. The highest BCUT2D eigenvalue weighted by Gasteiger charge is 2.34. The molecule has 1 aromatic carbocycles. The van der Waals surface area contributed by atoms with Crippen LogP contribution in [-0.4, -0.2) is 11.3 Å². The lowest BCUT2D eigenvalue weighted by molar-refractivity contribution is 0.174. The topological polar surface area (TPSA) is 26.0 Å². The molecular formula is C16H23Cl2NS. The van der Waals surface area contributed by atoms with E-state index >= 15 is 0 Å². The average Bonchev–Trinajstić information content (AvgIpc) is 2.35. The molecule has 112 valence electrons. The van der Waals surface area contributed by atoms with E-state index in [1.54, 1.807) is 0 Å². The van der Waals surface area contributed by atoms with E-state index < -0.39 is 0 Å². The predicted octanol–water partition coefficient (Wildman–Crippen LogP) is 5.63. The van der Waals surface area contributed by atoms with Crippen LogP contribution in [0.25, 0.3) is 0 Å². The molecule has 20 heavy (non-hydrogen) atoms. The second-order valence-electron chi connectivity index (χ2n) is 6.77. The third-order valence-corrected chi connectivity index (χ3v) is 6.36. The molecule has 1 aliphatic carbocycles. The zero-order valence-electron chi connectivity index (χ0n) is 12.3. The number of halogens is 2. The highest BCUT2D eigenvalue weighted by Crippen LogP contribution is 2.43. The third kappa shape index (κ3) is 4.07. The van der Waals surface area contributed by atoms with Gasteiger partial charge in [-0.15, -0.1) is 11.8 Å². The molecular weight excluding hydrogens is 309 g/mol. The van der Waals surface area contributed by atoms with E-state index in [1.165, 1.54) is 12.8 Å². The minimum atomic E-state index is 0.271. The van der Waals surface area contributed by atoms with Gasteiger partial charge in [-0.05, 0) is 48.8 Å². The monoisotopic (exact) mass is 331 g/mol. The maximum atomic E-state index is 6.32. The molecule has 3 atom stereocenters. The number of hydrogen-bond donors (Lipinski definition) is 1. The maximum absolute atomic E-state index is 6.32. The summed E-state index contributed by atoms with van der Waals surface area (Å²) < 4.78 is 0. The zero-order valence-corrected chi connectivity index (χ0v) is 14.7. The van der Waals surface area contributed by atoms with Gasteiger partial charge in [0, 0.05) is 16.2 Å². The van der Waals surface area contributed by atoms with E-state index in [2.05, 4.69) is 20.8 Å². The highest BCUT2D eigenvalue weighted by molar-refractivity contribution is 8.00. The second kappa shape index (κ2) is 6.48. The van der Waals surface area contributed by atoms with Crippen molar-refractivity contribution in [3.63, 3.8) is 0 Å². The van der Waals surface area contributed by atoms with E-state index in [0.717, 1.165) is 17.2 Å². The first-order valence-electron chi connectivity index (χ1n) is 7.14. The van der Waals surface area contributed by atoms with Crippen LogP contribution in [0.1, 0.15) is 40.0 Å². The molecule has 1 aliphatic rings. The van der Waals surface area contributed by atoms with Crippen LogP contribution in [0.4, 0.5) is 0 Å². The summed E-state index contributed by atoms with van der Waals surface area (Å²) in [5.74, 6) is 0.738. The van der Waals surface area contributed by atoms with E-state index in [0.29, 0.717) is 20.7 Å². The summed E-state index contributed by atoms with van der Waals surface area (Å²) in [6, 6.07) is 6.11. The zero-order chi connectivity index (χ0) is 14.9. The molecule has 1 saturated carbocycles. The maximum Gasteiger partial charge on any atom is 0.0603 e. The molecule has 0 spiro atoms. The molecule has 0 saturated heterocycles. The van der Waals surface area contributed by atoms with Gasteiger partial charge >= 0.3 is 0 Å². The number of thioether (sulfide) groups is 1. The number of benzene rings is 1. The van der Waals surface area contributed by atoms with Gasteiger partial charge in [0.1, 0.15) is 0 Å². The Kier molecular flexibility index (Phi) is 5.34. The first-order chi connectivity index (χ1) is 9.27. The fourth-order valence-corrected chi connectivity index (χ4v) is 4.48. The Balaban J connectivity index is 2.08. The van der Waals surface area contributed by atoms with Crippen LogP contribution < -0.4 is 5.73 Å². The van der Waals surface area contributed by atoms with E-state index in [4.69, 9.17) is 28.9 Å². The first-order valence-corrected chi connectivity index (χ1v) is 8.78. The molecule has 2 rings (SSSR count). The van der Waals surface area contributed by atoms with Gasteiger partial charge in [0.2, 0.25) is 0 Å². The van der Waals surface area contributed by atoms with Crippen LogP contribution in [0.15, 0.2) is 23.1 Å². The summed E-state index contributed by atoms with van der Waals surface area (Å²) in [6.07, 6.45) is 3.53. The quantitative estimate of drug-likeness (QED) is 0.760. The van der Waals surface area contributed by atoms with Crippen molar-refractivity contribution in [2.45, 2.75) is 56.2 Å². The summed E-state index contributed by atoms with van der Waals surface area (Å²) in [4.78, 5) is 1.16. The van der Waals surface area contributed by atoms with Crippen LogP contribution in [0, 0.1) is 11.3 Å². The highest BCUT2D eigenvalue weighted by atomic mass is 35.5. The van der Waals surface area contributed by atoms with Crippen molar-refractivity contribution in [2.24, 2.45) is 17.1 Å². The Labute approximate surface area is 136 Å². The van der Waals surface area contributed by atoms with E-state index in [1.807, 2.05) is 30.0 Å². The smallest absolute Gasteiger partial charge is 0.0603 e. The molecule has 0 aliphatic heterocycles. The van der Waals surface area contributed by atoms with Crippen LogP contribution in [0.5, 0.6) is 0 Å². The molecule has 0 radical (unpaired) electrons. The van der Waals surface area contributed by atoms with E-state index in [-0.39, 0.29) is 6.04 Å². The molecule has 1 fully saturated rings. The second-order valence-corrected chi connectivity index (χ2v) is 8.90. The standard InChI is InChI=1S/C16H23Cl2NS/c1-16(2,3)10-4-7-14(19)15(8-10)20-11-5-6-12(17)13(18)9-11/h5-6,9-10,14-15H,4,7-8,19H2,1-3H3. The number of rotatable bonds is 2. The fraction of sp³-hybridized carbons (Fsp3) is 0.625. The summed E-state index contributed by atoms with van der Waals surface area (Å²) in [6.45, 7) is 6.99. The van der Waals surface area contributed by atoms with Crippen molar-refractivity contribution in [1.82, 2.24) is 0 Å². The summed E-state index contributed by atoms with van der Waals surface area (Å²) in [5.41, 5.74) is 6.68. The Morgan fingerprint density at radius 2 is 1.85 bits per heavy atom. The Bertz CT molecular complexity index is 470. The molecule has 0 aromatic heterocycles. The lowest BCUT2D eigenvalue weighted by Gasteiger charge is -2.40. The first kappa shape index (κ1) is 16.5. The number of hydrogen-bond acceptors (Lipinski definition) is 2. The SMILES string of the molecule is CC(C)(C)C1CCC(N)C(Sc2ccc(Cl)c(Cl)c2)C1. The summed E-state index contributed by atoms with van der Waals surface area (Å²) in [7, 11) is 0. The lowest BCUT2D eigenvalue weighted by atomic mass is 9.71. The summed E-state index contributed by atoms with van der Waals surface area (Å²) in [5, 5.41) is 1.69. The molecule has 1 aromatic rings. The fourth-order valence-electron chi connectivity index (χ4n) is 2.80. The average molecular weight is 332 g/mol. The van der Waals surface area contributed by atoms with Gasteiger partial charge in [-0.2, -0.15) is 0 Å². The Morgan fingerprint density at radius 1 is 1.15 bits per heavy atom.